The van der Waals surface area contributed by atoms with Crippen LogP contribution in [0.15, 0.2) is 48.5 Å². The number of rotatable bonds is 11. The molecule has 0 bridgehead atoms. The zero-order valence-corrected chi connectivity index (χ0v) is 19.0. The summed E-state index contributed by atoms with van der Waals surface area (Å²) < 4.78 is 4.85. The van der Waals surface area contributed by atoms with Gasteiger partial charge in [0, 0.05) is 29.6 Å². The zero-order valence-electron chi connectivity index (χ0n) is 17.3. The third-order valence-electron chi connectivity index (χ3n) is 4.55. The molecule has 0 spiro atoms. The molecule has 0 unspecified atom stereocenters. The predicted octanol–water partition coefficient (Wildman–Crippen LogP) is 3.05. The molecule has 1 amide bonds. The van der Waals surface area contributed by atoms with Gasteiger partial charge >= 0.3 is 5.97 Å². The fourth-order valence-corrected chi connectivity index (χ4v) is 3.49. The summed E-state index contributed by atoms with van der Waals surface area (Å²) in [7, 11) is 1.33. The highest BCUT2D eigenvalue weighted by Crippen LogP contribution is 2.27. The highest BCUT2D eigenvalue weighted by molar-refractivity contribution is 7.98. The molecule has 0 radical (unpaired) electrons. The lowest BCUT2D eigenvalue weighted by molar-refractivity contribution is -0.142. The van der Waals surface area contributed by atoms with E-state index >= 15 is 0 Å². The van der Waals surface area contributed by atoms with E-state index in [0.29, 0.717) is 24.3 Å². The second-order valence-corrected chi connectivity index (χ2v) is 8.13. The first-order chi connectivity index (χ1) is 14.5. The number of hydrogen-bond acceptors (Lipinski definition) is 7. The summed E-state index contributed by atoms with van der Waals surface area (Å²) in [6.07, 6.45) is 2.45. The van der Waals surface area contributed by atoms with Crippen molar-refractivity contribution < 1.29 is 14.3 Å². The van der Waals surface area contributed by atoms with E-state index in [1.807, 2.05) is 48.7 Å². The Bertz CT molecular complexity index is 834. The van der Waals surface area contributed by atoms with Crippen LogP contribution in [-0.4, -0.2) is 55.4 Å². The normalized spacial score (nSPS) is 12.7. The van der Waals surface area contributed by atoms with Crippen LogP contribution in [0, 0.1) is 0 Å². The van der Waals surface area contributed by atoms with Gasteiger partial charge in [0.2, 0.25) is 0 Å². The van der Waals surface area contributed by atoms with Crippen LogP contribution in [0.3, 0.4) is 0 Å². The van der Waals surface area contributed by atoms with Crippen LogP contribution >= 0.6 is 24.4 Å². The van der Waals surface area contributed by atoms with Gasteiger partial charge in [0.05, 0.1) is 7.11 Å². The van der Waals surface area contributed by atoms with Crippen molar-refractivity contribution in [2.75, 3.05) is 36.7 Å². The first kappa shape index (κ1) is 24.1. The predicted molar refractivity (Wildman–Crippen MR) is 128 cm³/mol. The minimum atomic E-state index is -0.690. The first-order valence-corrected chi connectivity index (χ1v) is 11.7. The summed E-state index contributed by atoms with van der Waals surface area (Å²) in [4.78, 5) is 25.2. The number of esters is 1. The van der Waals surface area contributed by atoms with Crippen LogP contribution in [0.1, 0.15) is 16.8 Å². The van der Waals surface area contributed by atoms with Crippen LogP contribution in [0.4, 0.5) is 5.69 Å². The van der Waals surface area contributed by atoms with E-state index < -0.39 is 12.0 Å². The minimum absolute atomic E-state index is 0.0752. The number of hydrogen-bond donors (Lipinski definition) is 4. The number of thioether (sulfide) groups is 1. The van der Waals surface area contributed by atoms with Gasteiger partial charge in [-0.05, 0) is 47.8 Å². The summed E-state index contributed by atoms with van der Waals surface area (Å²) >= 11 is 5.82. The van der Waals surface area contributed by atoms with Gasteiger partial charge in [0.15, 0.2) is 0 Å². The highest BCUT2D eigenvalue weighted by Gasteiger charge is 2.23. The second-order valence-electron chi connectivity index (χ2n) is 6.78. The lowest BCUT2D eigenvalue weighted by Gasteiger charge is -2.19. The third-order valence-corrected chi connectivity index (χ3v) is 5.67. The molecule has 0 saturated heterocycles. The topological polar surface area (TPSA) is 93.4 Å². The monoisotopic (exact) mass is 447 g/mol. The average Bonchev–Trinajstić information content (AvgIpc) is 2.79. The lowest BCUT2D eigenvalue weighted by atomic mass is 9.98. The Hall–Kier alpha value is -2.16. The summed E-state index contributed by atoms with van der Waals surface area (Å²) in [6, 6.07) is 14.4. The van der Waals surface area contributed by atoms with Crippen molar-refractivity contribution in [2.45, 2.75) is 18.5 Å². The van der Waals surface area contributed by atoms with E-state index in [2.05, 4.69) is 23.3 Å². The molecule has 162 valence electrons. The average molecular weight is 448 g/mol. The molecular weight excluding hydrogens is 418 g/mol. The minimum Gasteiger partial charge on any atom is -0.467 e. The molecule has 0 aliphatic heterocycles. The van der Waals surface area contributed by atoms with E-state index in [1.165, 1.54) is 7.11 Å². The SMILES string of the molecule is COC(=O)[C@@H](CCSC)NC(=O)c1ccc(NC[C@H](N)CS)cc1-c1ccccc1. The molecule has 6 nitrogen and oxygen atoms in total. The molecule has 2 atom stereocenters. The van der Waals surface area contributed by atoms with Gasteiger partial charge in [0.25, 0.3) is 5.91 Å². The second kappa shape index (κ2) is 12.5. The van der Waals surface area contributed by atoms with Gasteiger partial charge in [-0.15, -0.1) is 0 Å². The standard InChI is InChI=1S/C22H29N3O3S2/c1-28-22(27)20(10-11-30-2)25-21(26)18-9-8-17(24-13-16(23)14-29)12-19(18)15-6-4-3-5-7-15/h3-9,12,16,20,24,29H,10-11,13-14,23H2,1-2H3,(H,25,26)/t16-,20+/m0/s1. The van der Waals surface area contributed by atoms with Gasteiger partial charge < -0.3 is 21.1 Å². The Kier molecular flexibility index (Phi) is 10.1. The maximum absolute atomic E-state index is 13.1. The highest BCUT2D eigenvalue weighted by atomic mass is 32.2. The molecule has 0 aromatic heterocycles. The van der Waals surface area contributed by atoms with Crippen LogP contribution < -0.4 is 16.4 Å². The smallest absolute Gasteiger partial charge is 0.328 e. The molecule has 8 heteroatoms. The summed E-state index contributed by atoms with van der Waals surface area (Å²) in [6.45, 7) is 0.572. The van der Waals surface area contributed by atoms with Crippen LogP contribution in [0.5, 0.6) is 0 Å². The van der Waals surface area contributed by atoms with Crippen LogP contribution in [-0.2, 0) is 9.53 Å². The molecule has 2 rings (SSSR count). The van der Waals surface area contributed by atoms with Gasteiger partial charge in [-0.2, -0.15) is 24.4 Å². The van der Waals surface area contributed by atoms with Gasteiger partial charge in [-0.1, -0.05) is 30.3 Å². The molecule has 0 aliphatic rings. The molecule has 0 saturated carbocycles. The summed E-state index contributed by atoms with van der Waals surface area (Å²) in [5.41, 5.74) is 8.96. The molecule has 0 fully saturated rings. The van der Waals surface area contributed by atoms with Crippen molar-refractivity contribution >= 4 is 42.0 Å². The number of thiol groups is 1. The quantitative estimate of drug-likeness (QED) is 0.313. The summed E-state index contributed by atoms with van der Waals surface area (Å²) in [5.74, 6) is 0.547. The fraction of sp³-hybridized carbons (Fsp3) is 0.364. The Morgan fingerprint density at radius 1 is 1.20 bits per heavy atom. The van der Waals surface area contributed by atoms with Crippen molar-refractivity contribution in [1.29, 1.82) is 0 Å². The number of amides is 1. The Labute approximate surface area is 187 Å². The van der Waals surface area contributed by atoms with E-state index in [4.69, 9.17) is 10.5 Å². The number of ether oxygens (including phenoxy) is 1. The maximum Gasteiger partial charge on any atom is 0.328 e. The van der Waals surface area contributed by atoms with Crippen molar-refractivity contribution in [1.82, 2.24) is 5.32 Å². The number of carbonyl (C=O) groups is 2. The van der Waals surface area contributed by atoms with Crippen LogP contribution in [0.2, 0.25) is 0 Å². The fourth-order valence-electron chi connectivity index (χ4n) is 2.89. The maximum atomic E-state index is 13.1. The van der Waals surface area contributed by atoms with Gasteiger partial charge in [-0.25, -0.2) is 4.79 Å². The zero-order chi connectivity index (χ0) is 21.9. The number of anilines is 1. The number of carbonyl (C=O) groups excluding carboxylic acids is 2. The third kappa shape index (κ3) is 6.97. The Morgan fingerprint density at radius 3 is 2.57 bits per heavy atom. The number of methoxy groups -OCH3 is 1. The van der Waals surface area contributed by atoms with E-state index in [1.54, 1.807) is 17.8 Å². The molecule has 0 aliphatic carbocycles. The van der Waals surface area contributed by atoms with E-state index in [-0.39, 0.29) is 11.9 Å². The largest absolute Gasteiger partial charge is 0.467 e. The van der Waals surface area contributed by atoms with E-state index in [0.717, 1.165) is 22.6 Å². The molecule has 4 N–H and O–H groups in total. The van der Waals surface area contributed by atoms with Crippen molar-refractivity contribution in [2.24, 2.45) is 5.73 Å². The van der Waals surface area contributed by atoms with Crippen molar-refractivity contribution in [3.05, 3.63) is 54.1 Å². The van der Waals surface area contributed by atoms with Gasteiger partial charge in [-0.3, -0.25) is 4.79 Å². The van der Waals surface area contributed by atoms with E-state index in [9.17, 15) is 9.59 Å². The number of nitrogens with two attached hydrogens (primary N) is 1. The first-order valence-electron chi connectivity index (χ1n) is 9.67. The van der Waals surface area contributed by atoms with Gasteiger partial charge in [0.1, 0.15) is 6.04 Å². The summed E-state index contributed by atoms with van der Waals surface area (Å²) in [5, 5.41) is 6.12. The Morgan fingerprint density at radius 2 is 1.93 bits per heavy atom. The number of nitrogens with one attached hydrogen (secondary N) is 2. The Balaban J connectivity index is 2.32. The molecule has 2 aromatic carbocycles. The lowest BCUT2D eigenvalue weighted by Crippen LogP contribution is -2.42. The molecular formula is C22H29N3O3S2. The van der Waals surface area contributed by atoms with Crippen molar-refractivity contribution in [3.63, 3.8) is 0 Å². The molecule has 2 aromatic rings. The van der Waals surface area contributed by atoms with Crippen LogP contribution in [0.25, 0.3) is 11.1 Å². The number of benzene rings is 2. The molecule has 30 heavy (non-hydrogen) atoms. The molecule has 0 heterocycles. The van der Waals surface area contributed by atoms with Crippen molar-refractivity contribution in [3.8, 4) is 11.1 Å².